The third-order valence-corrected chi connectivity index (χ3v) is 5.87. The molecule has 4 aromatic rings. The number of rotatable bonds is 7. The van der Waals surface area contributed by atoms with E-state index in [-0.39, 0.29) is 18.5 Å². The third kappa shape index (κ3) is 4.88. The number of aromatic nitrogens is 4. The molecule has 0 saturated heterocycles. The lowest BCUT2D eigenvalue weighted by atomic mass is 10.0. The van der Waals surface area contributed by atoms with Crippen LogP contribution in [0.1, 0.15) is 24.1 Å². The topological polar surface area (TPSA) is 85.2 Å². The van der Waals surface area contributed by atoms with E-state index in [0.717, 1.165) is 22.6 Å². The molecule has 0 spiro atoms. The highest BCUT2D eigenvalue weighted by Gasteiger charge is 2.31. The summed E-state index contributed by atoms with van der Waals surface area (Å²) in [5.74, 6) is 1.02. The van der Waals surface area contributed by atoms with Crippen LogP contribution < -0.4 is 15.0 Å². The maximum absolute atomic E-state index is 13.1. The summed E-state index contributed by atoms with van der Waals surface area (Å²) in [5.41, 5.74) is 3.43. The Morgan fingerprint density at radius 2 is 1.77 bits per heavy atom. The first-order valence-corrected chi connectivity index (χ1v) is 11.6. The second-order valence-corrected chi connectivity index (χ2v) is 8.37. The number of carbonyl (C=O) groups excluding carboxylic acids is 1. The summed E-state index contributed by atoms with van der Waals surface area (Å²) in [6.07, 6.45) is 2.06. The van der Waals surface area contributed by atoms with Gasteiger partial charge in [-0.25, -0.2) is 0 Å². The van der Waals surface area contributed by atoms with Crippen molar-refractivity contribution in [3.63, 3.8) is 0 Å². The molecule has 0 aliphatic carbocycles. The van der Waals surface area contributed by atoms with Crippen LogP contribution in [0, 0.1) is 0 Å². The Morgan fingerprint density at radius 3 is 2.49 bits per heavy atom. The molecule has 0 fully saturated rings. The number of amides is 1. The fourth-order valence-corrected chi connectivity index (χ4v) is 4.15. The predicted octanol–water partition coefficient (Wildman–Crippen LogP) is 4.81. The standard InChI is InChI=1S/C26H23ClN6O2/c1-2-35-22-14-12-21(13-15-22)28-25(34)17-32-23(19-8-10-20(27)11-9-19)16-24(18-6-4-3-5-7-18)33-26(32)29-30-31-33/h3-16,24H,2,17H2,1H3,(H,28,34). The molecule has 1 amide bonds. The van der Waals surface area contributed by atoms with E-state index in [1.165, 1.54) is 0 Å². The van der Waals surface area contributed by atoms with Crippen LogP contribution in [0.5, 0.6) is 5.75 Å². The van der Waals surface area contributed by atoms with Gasteiger partial charge in [0.1, 0.15) is 18.3 Å². The minimum atomic E-state index is -0.225. The number of halogens is 1. The van der Waals surface area contributed by atoms with Crippen molar-refractivity contribution in [1.82, 2.24) is 20.2 Å². The van der Waals surface area contributed by atoms with Crippen LogP contribution in [-0.2, 0) is 4.79 Å². The van der Waals surface area contributed by atoms with Crippen LogP contribution in [0.2, 0.25) is 5.02 Å². The number of fused-ring (bicyclic) bond motifs is 1. The molecule has 5 rings (SSSR count). The molecule has 1 aliphatic heterocycles. The quantitative estimate of drug-likeness (QED) is 0.403. The van der Waals surface area contributed by atoms with Gasteiger partial charge in [-0.1, -0.05) is 59.2 Å². The highest BCUT2D eigenvalue weighted by Crippen LogP contribution is 2.36. The van der Waals surface area contributed by atoms with Crippen LogP contribution in [0.25, 0.3) is 5.70 Å². The van der Waals surface area contributed by atoms with Crippen molar-refractivity contribution in [3.8, 4) is 5.75 Å². The molecule has 3 aromatic carbocycles. The zero-order valence-corrected chi connectivity index (χ0v) is 19.8. The van der Waals surface area contributed by atoms with Crippen molar-refractivity contribution in [1.29, 1.82) is 0 Å². The number of carbonyl (C=O) groups is 1. The largest absolute Gasteiger partial charge is 0.494 e. The Bertz CT molecular complexity index is 1340. The fourth-order valence-electron chi connectivity index (χ4n) is 4.03. The smallest absolute Gasteiger partial charge is 0.251 e. The molecule has 1 N–H and O–H groups in total. The minimum Gasteiger partial charge on any atom is -0.494 e. The highest BCUT2D eigenvalue weighted by molar-refractivity contribution is 6.30. The molecule has 1 aliphatic rings. The number of ether oxygens (including phenoxy) is 1. The molecule has 1 aromatic heterocycles. The monoisotopic (exact) mass is 486 g/mol. The number of hydrogen-bond acceptors (Lipinski definition) is 6. The number of tetrazole rings is 1. The van der Waals surface area contributed by atoms with E-state index in [1.807, 2.05) is 90.7 Å². The molecule has 35 heavy (non-hydrogen) atoms. The van der Waals surface area contributed by atoms with Crippen LogP contribution in [-0.4, -0.2) is 39.3 Å². The van der Waals surface area contributed by atoms with E-state index in [1.54, 1.807) is 4.68 Å². The molecule has 1 atom stereocenters. The molecular weight excluding hydrogens is 464 g/mol. The summed E-state index contributed by atoms with van der Waals surface area (Å²) in [6, 6.07) is 24.5. The number of anilines is 2. The van der Waals surface area contributed by atoms with Gasteiger partial charge < -0.3 is 10.1 Å². The van der Waals surface area contributed by atoms with Gasteiger partial charge in [-0.2, -0.15) is 4.68 Å². The van der Waals surface area contributed by atoms with Gasteiger partial charge in [0.05, 0.1) is 12.3 Å². The van der Waals surface area contributed by atoms with Crippen LogP contribution in [0.15, 0.2) is 84.9 Å². The number of allylic oxidation sites excluding steroid dienone is 1. The molecule has 0 radical (unpaired) electrons. The van der Waals surface area contributed by atoms with Gasteiger partial charge >= 0.3 is 0 Å². The normalized spacial score (nSPS) is 14.7. The lowest BCUT2D eigenvalue weighted by Crippen LogP contribution is -2.37. The fraction of sp³-hybridized carbons (Fsp3) is 0.154. The van der Waals surface area contributed by atoms with E-state index in [0.29, 0.717) is 23.3 Å². The van der Waals surface area contributed by atoms with Gasteiger partial charge in [0, 0.05) is 10.7 Å². The number of hydrogen-bond donors (Lipinski definition) is 1. The van der Waals surface area contributed by atoms with Crippen molar-refractivity contribution < 1.29 is 9.53 Å². The van der Waals surface area contributed by atoms with Crippen molar-refractivity contribution in [2.45, 2.75) is 13.0 Å². The van der Waals surface area contributed by atoms with Gasteiger partial charge in [-0.15, -0.1) is 0 Å². The van der Waals surface area contributed by atoms with E-state index in [9.17, 15) is 4.79 Å². The molecule has 8 nitrogen and oxygen atoms in total. The second kappa shape index (κ2) is 9.99. The SMILES string of the molecule is CCOc1ccc(NC(=O)CN2C(c3ccc(Cl)cc3)=CC(c3ccccc3)n3nnnc32)cc1. The summed E-state index contributed by atoms with van der Waals surface area (Å²) >= 11 is 6.14. The molecule has 0 saturated carbocycles. The summed E-state index contributed by atoms with van der Waals surface area (Å²) < 4.78 is 7.19. The predicted molar refractivity (Wildman–Crippen MR) is 135 cm³/mol. The van der Waals surface area contributed by atoms with E-state index in [4.69, 9.17) is 16.3 Å². The maximum Gasteiger partial charge on any atom is 0.251 e. The Morgan fingerprint density at radius 1 is 1.03 bits per heavy atom. The molecule has 9 heteroatoms. The van der Waals surface area contributed by atoms with Gasteiger partial charge in [-0.3, -0.25) is 9.69 Å². The summed E-state index contributed by atoms with van der Waals surface area (Å²) in [7, 11) is 0. The van der Waals surface area contributed by atoms with E-state index >= 15 is 0 Å². The molecule has 176 valence electrons. The minimum absolute atomic E-state index is 0.0174. The van der Waals surface area contributed by atoms with Crippen molar-refractivity contribution in [3.05, 3.63) is 101 Å². The average Bonchev–Trinajstić information content (AvgIpc) is 3.37. The summed E-state index contributed by atoms with van der Waals surface area (Å²) in [4.78, 5) is 14.9. The zero-order valence-electron chi connectivity index (χ0n) is 19.0. The lowest BCUT2D eigenvalue weighted by Gasteiger charge is -2.32. The lowest BCUT2D eigenvalue weighted by molar-refractivity contribution is -0.114. The molecule has 2 heterocycles. The third-order valence-electron chi connectivity index (χ3n) is 5.62. The first kappa shape index (κ1) is 22.6. The van der Waals surface area contributed by atoms with Crippen LogP contribution in [0.3, 0.4) is 0 Å². The first-order valence-electron chi connectivity index (χ1n) is 11.2. The summed E-state index contributed by atoms with van der Waals surface area (Å²) in [6.45, 7) is 2.53. The van der Waals surface area contributed by atoms with Crippen molar-refractivity contribution >= 4 is 34.8 Å². The molecule has 1 unspecified atom stereocenters. The average molecular weight is 487 g/mol. The Balaban J connectivity index is 1.47. The van der Waals surface area contributed by atoms with Gasteiger partial charge in [-0.05, 0) is 71.0 Å². The Hall–Kier alpha value is -4.17. The van der Waals surface area contributed by atoms with E-state index < -0.39 is 0 Å². The molecular formula is C26H23ClN6O2. The second-order valence-electron chi connectivity index (χ2n) is 7.93. The van der Waals surface area contributed by atoms with Crippen molar-refractivity contribution in [2.75, 3.05) is 23.4 Å². The van der Waals surface area contributed by atoms with Gasteiger partial charge in [0.2, 0.25) is 5.91 Å². The first-order chi connectivity index (χ1) is 17.1. The van der Waals surface area contributed by atoms with Crippen LogP contribution in [0.4, 0.5) is 11.6 Å². The van der Waals surface area contributed by atoms with Crippen LogP contribution >= 0.6 is 11.6 Å². The Kier molecular flexibility index (Phi) is 6.45. The van der Waals surface area contributed by atoms with Gasteiger partial charge in [0.15, 0.2) is 0 Å². The number of nitrogens with zero attached hydrogens (tertiary/aromatic N) is 5. The summed E-state index contributed by atoms with van der Waals surface area (Å²) in [5, 5.41) is 16.0. The zero-order chi connectivity index (χ0) is 24.2. The van der Waals surface area contributed by atoms with Crippen molar-refractivity contribution in [2.24, 2.45) is 0 Å². The maximum atomic E-state index is 13.1. The number of nitrogens with one attached hydrogen (secondary N) is 1. The molecule has 0 bridgehead atoms. The Labute approximate surface area is 207 Å². The highest BCUT2D eigenvalue weighted by atomic mass is 35.5. The number of benzene rings is 3. The van der Waals surface area contributed by atoms with E-state index in [2.05, 4.69) is 26.9 Å². The van der Waals surface area contributed by atoms with Gasteiger partial charge in [0.25, 0.3) is 5.95 Å².